The average Bonchev–Trinajstić information content (AvgIpc) is 1.82. The summed E-state index contributed by atoms with van der Waals surface area (Å²) in [5, 5.41) is 19.6. The zero-order chi connectivity index (χ0) is 8.15. The summed E-state index contributed by atoms with van der Waals surface area (Å²) in [7, 11) is 0. The Kier molecular flexibility index (Phi) is 19.3. The molecule has 0 aliphatic rings. The summed E-state index contributed by atoms with van der Waals surface area (Å²) in [6.45, 7) is 0. The van der Waals surface area contributed by atoms with Gasteiger partial charge in [-0.15, -0.1) is 0 Å². The molecular formula is C5H7NO4Rb2. The van der Waals surface area contributed by atoms with Gasteiger partial charge in [-0.3, -0.25) is 0 Å². The largest absolute Gasteiger partial charge is 1.00 e. The molecule has 0 aromatic heterocycles. The predicted octanol–water partition coefficient (Wildman–Crippen LogP) is -9.40. The second kappa shape index (κ2) is 11.6. The molecule has 0 bridgehead atoms. The van der Waals surface area contributed by atoms with E-state index in [1.807, 2.05) is 0 Å². The standard InChI is InChI=1S/C5H9NO4.2Rb/c6-3(5(9)10)1-2-4(7)8;;/h3H,1-2,6H2,(H,7,8)(H,9,10);;/q;2*+1/p-2/t3-;;/m0../s1. The molecule has 0 rings (SSSR count). The number of nitrogens with two attached hydrogens (primary N) is 1. The van der Waals surface area contributed by atoms with Crippen LogP contribution in [0.25, 0.3) is 0 Å². The van der Waals surface area contributed by atoms with E-state index in [1.54, 1.807) is 0 Å². The predicted molar refractivity (Wildman–Crippen MR) is 27.2 cm³/mol. The van der Waals surface area contributed by atoms with Gasteiger partial charge in [-0.1, -0.05) is 0 Å². The fourth-order valence-electron chi connectivity index (χ4n) is 0.391. The first-order valence-corrected chi connectivity index (χ1v) is 2.70. The van der Waals surface area contributed by atoms with Gasteiger partial charge in [0, 0.05) is 12.0 Å². The number of aliphatic carboxylic acids is 2. The Balaban J connectivity index is -0.000000405. The fraction of sp³-hybridized carbons (Fsp3) is 0.600. The van der Waals surface area contributed by atoms with Crippen LogP contribution < -0.4 is 132 Å². The molecule has 0 spiro atoms. The quantitative estimate of drug-likeness (QED) is 0.554. The van der Waals surface area contributed by atoms with Crippen LogP contribution in [-0.4, -0.2) is 18.0 Å². The summed E-state index contributed by atoms with van der Waals surface area (Å²) in [5.41, 5.74) is 4.91. The van der Waals surface area contributed by atoms with E-state index >= 15 is 0 Å². The van der Waals surface area contributed by atoms with Crippen molar-refractivity contribution in [3.8, 4) is 0 Å². The van der Waals surface area contributed by atoms with Crippen LogP contribution in [0.1, 0.15) is 12.8 Å². The molecule has 0 aliphatic carbocycles. The van der Waals surface area contributed by atoms with Crippen molar-refractivity contribution in [2.45, 2.75) is 18.9 Å². The van der Waals surface area contributed by atoms with Crippen LogP contribution in [0, 0.1) is 0 Å². The van der Waals surface area contributed by atoms with Gasteiger partial charge in [-0.2, -0.15) is 0 Å². The van der Waals surface area contributed by atoms with Gasteiger partial charge in [0.1, 0.15) is 0 Å². The Morgan fingerprint density at radius 2 is 1.67 bits per heavy atom. The molecule has 0 unspecified atom stereocenters. The second-order valence-electron chi connectivity index (χ2n) is 1.84. The molecule has 12 heavy (non-hydrogen) atoms. The van der Waals surface area contributed by atoms with Crippen LogP contribution in [0.2, 0.25) is 0 Å². The Bertz CT molecular complexity index is 152. The number of rotatable bonds is 4. The van der Waals surface area contributed by atoms with Gasteiger partial charge in [0.05, 0.1) is 5.97 Å². The van der Waals surface area contributed by atoms with Gasteiger partial charge in [0.25, 0.3) is 0 Å². The van der Waals surface area contributed by atoms with Crippen molar-refractivity contribution >= 4 is 11.9 Å². The first-order valence-electron chi connectivity index (χ1n) is 2.70. The summed E-state index contributed by atoms with van der Waals surface area (Å²) >= 11 is 0. The van der Waals surface area contributed by atoms with Gasteiger partial charge in [0.2, 0.25) is 0 Å². The third-order valence-corrected chi connectivity index (χ3v) is 0.962. The first kappa shape index (κ1) is 20.0. The molecule has 0 aliphatic heterocycles. The molecule has 5 nitrogen and oxygen atoms in total. The zero-order valence-electron chi connectivity index (χ0n) is 7.20. The van der Waals surface area contributed by atoms with Crippen LogP contribution in [0.3, 0.4) is 0 Å². The van der Waals surface area contributed by atoms with E-state index in [0.717, 1.165) is 0 Å². The monoisotopic (exact) mass is 315 g/mol. The van der Waals surface area contributed by atoms with Crippen molar-refractivity contribution in [2.75, 3.05) is 0 Å². The van der Waals surface area contributed by atoms with Crippen molar-refractivity contribution in [1.82, 2.24) is 0 Å². The van der Waals surface area contributed by atoms with E-state index < -0.39 is 18.0 Å². The first-order chi connectivity index (χ1) is 4.54. The van der Waals surface area contributed by atoms with Gasteiger partial charge in [-0.05, 0) is 12.8 Å². The smallest absolute Gasteiger partial charge is 0.550 e. The molecule has 0 aromatic carbocycles. The van der Waals surface area contributed by atoms with E-state index in [1.165, 1.54) is 0 Å². The number of hydrogen-bond acceptors (Lipinski definition) is 5. The molecule has 1 atom stereocenters. The van der Waals surface area contributed by atoms with Crippen LogP contribution in [0.4, 0.5) is 0 Å². The Hall–Kier alpha value is 2.51. The van der Waals surface area contributed by atoms with E-state index in [0.29, 0.717) is 0 Å². The average molecular weight is 316 g/mol. The third kappa shape index (κ3) is 12.5. The number of hydrogen-bond donors (Lipinski definition) is 1. The van der Waals surface area contributed by atoms with Crippen molar-refractivity contribution in [2.24, 2.45) is 5.73 Å². The van der Waals surface area contributed by atoms with E-state index in [2.05, 4.69) is 0 Å². The Labute approximate surface area is 168 Å². The van der Waals surface area contributed by atoms with Gasteiger partial charge in [0.15, 0.2) is 0 Å². The third-order valence-electron chi connectivity index (χ3n) is 0.962. The molecule has 0 saturated heterocycles. The maximum Gasteiger partial charge on any atom is 1.00 e. The zero-order valence-corrected chi connectivity index (χ0v) is 17.0. The minimum atomic E-state index is -1.44. The number of carboxylic acids is 2. The van der Waals surface area contributed by atoms with E-state index in [4.69, 9.17) is 5.73 Å². The number of carboxylic acid groups (broad SMARTS) is 2. The SMILES string of the molecule is N[C@@H](CCC(=O)[O-])C(=O)[O-].[Rb+].[Rb+]. The van der Waals surface area contributed by atoms with Crippen LogP contribution in [0.5, 0.6) is 0 Å². The molecule has 0 saturated carbocycles. The molecule has 0 amide bonds. The molecule has 2 N–H and O–H groups in total. The van der Waals surface area contributed by atoms with E-state index in [9.17, 15) is 19.8 Å². The van der Waals surface area contributed by atoms with Gasteiger partial charge >= 0.3 is 116 Å². The van der Waals surface area contributed by atoms with Crippen molar-refractivity contribution in [3.63, 3.8) is 0 Å². The summed E-state index contributed by atoms with van der Waals surface area (Å²) in [4.78, 5) is 19.6. The normalized spacial score (nSPS) is 10.4. The Morgan fingerprint density at radius 1 is 1.25 bits per heavy atom. The maximum absolute atomic E-state index is 9.86. The van der Waals surface area contributed by atoms with Gasteiger partial charge in [-0.25, -0.2) is 0 Å². The molecule has 58 valence electrons. The minimum absolute atomic E-state index is 0. The summed E-state index contributed by atoms with van der Waals surface area (Å²) < 4.78 is 0. The number of carbonyl (C=O) groups excluding carboxylic acids is 2. The molecule has 7 heteroatoms. The van der Waals surface area contributed by atoms with Gasteiger partial charge < -0.3 is 25.5 Å². The van der Waals surface area contributed by atoms with Crippen molar-refractivity contribution < 1.29 is 136 Å². The topological polar surface area (TPSA) is 106 Å². The van der Waals surface area contributed by atoms with Crippen molar-refractivity contribution in [3.05, 3.63) is 0 Å². The number of carbonyl (C=O) groups is 2. The summed E-state index contributed by atoms with van der Waals surface area (Å²) in [6, 6.07) is -1.21. The van der Waals surface area contributed by atoms with Crippen molar-refractivity contribution in [1.29, 1.82) is 0 Å². The molecule has 0 aromatic rings. The van der Waals surface area contributed by atoms with Crippen LogP contribution >= 0.6 is 0 Å². The minimum Gasteiger partial charge on any atom is -0.550 e. The summed E-state index contributed by atoms with van der Waals surface area (Å²) in [6.07, 6.45) is -0.500. The second-order valence-corrected chi connectivity index (χ2v) is 1.84. The van der Waals surface area contributed by atoms with Crippen LogP contribution in [-0.2, 0) is 9.59 Å². The summed E-state index contributed by atoms with van der Waals surface area (Å²) in [5.74, 6) is -2.75. The molecular weight excluding hydrogens is 309 g/mol. The maximum atomic E-state index is 9.86. The molecule has 0 radical (unpaired) electrons. The molecule has 0 heterocycles. The Morgan fingerprint density at radius 3 is 1.92 bits per heavy atom. The van der Waals surface area contributed by atoms with E-state index in [-0.39, 0.29) is 129 Å². The van der Waals surface area contributed by atoms with Crippen LogP contribution in [0.15, 0.2) is 0 Å². The molecule has 0 fully saturated rings. The fourth-order valence-corrected chi connectivity index (χ4v) is 0.391.